The number of hydrogen-bond acceptors (Lipinski definition) is 5. The number of hydrogen-bond donors (Lipinski definition) is 1. The third kappa shape index (κ3) is 2.77. The quantitative estimate of drug-likeness (QED) is 0.585. The fourth-order valence-corrected chi connectivity index (χ4v) is 1.66. The van der Waals surface area contributed by atoms with E-state index in [9.17, 15) is 10.1 Å². The number of morpholine rings is 1. The zero-order valence-corrected chi connectivity index (χ0v) is 8.89. The molecule has 1 fully saturated rings. The molecule has 1 aliphatic rings. The van der Waals surface area contributed by atoms with Crippen LogP contribution in [-0.4, -0.2) is 52.6 Å². The van der Waals surface area contributed by atoms with E-state index in [2.05, 4.69) is 14.9 Å². The summed E-state index contributed by atoms with van der Waals surface area (Å²) in [5.74, 6) is 0.621. The first kappa shape index (κ1) is 11.0. The van der Waals surface area contributed by atoms with Gasteiger partial charge in [0.1, 0.15) is 6.20 Å². The van der Waals surface area contributed by atoms with Crippen LogP contribution in [0.15, 0.2) is 6.20 Å². The molecule has 0 bridgehead atoms. The lowest BCUT2D eigenvalue weighted by Crippen LogP contribution is -2.37. The van der Waals surface area contributed by atoms with Crippen LogP contribution in [-0.2, 0) is 11.2 Å². The van der Waals surface area contributed by atoms with E-state index >= 15 is 0 Å². The molecule has 0 amide bonds. The van der Waals surface area contributed by atoms with Gasteiger partial charge < -0.3 is 14.9 Å². The third-order valence-electron chi connectivity index (χ3n) is 2.58. The minimum atomic E-state index is -0.467. The van der Waals surface area contributed by atoms with Crippen molar-refractivity contribution in [3.8, 4) is 0 Å². The maximum Gasteiger partial charge on any atom is 0.340 e. The SMILES string of the molecule is O=[N+]([O-])c1cnc(CCN2CCOCC2)[nH]1. The van der Waals surface area contributed by atoms with E-state index < -0.39 is 4.92 Å². The van der Waals surface area contributed by atoms with Gasteiger partial charge >= 0.3 is 5.82 Å². The van der Waals surface area contributed by atoms with Gasteiger partial charge in [-0.25, -0.2) is 9.97 Å². The van der Waals surface area contributed by atoms with Crippen molar-refractivity contribution in [1.82, 2.24) is 14.9 Å². The maximum absolute atomic E-state index is 10.4. The average molecular weight is 226 g/mol. The highest BCUT2D eigenvalue weighted by molar-refractivity contribution is 5.15. The summed E-state index contributed by atoms with van der Waals surface area (Å²) in [7, 11) is 0. The lowest BCUT2D eigenvalue weighted by molar-refractivity contribution is -0.389. The Morgan fingerprint density at radius 1 is 1.56 bits per heavy atom. The molecule has 7 heteroatoms. The van der Waals surface area contributed by atoms with Crippen molar-refractivity contribution in [3.05, 3.63) is 22.1 Å². The summed E-state index contributed by atoms with van der Waals surface area (Å²) in [5, 5.41) is 10.4. The van der Waals surface area contributed by atoms with Gasteiger partial charge in [0.15, 0.2) is 5.82 Å². The van der Waals surface area contributed by atoms with Gasteiger partial charge in [-0.05, 0) is 4.92 Å². The van der Waals surface area contributed by atoms with Crippen LogP contribution in [0.3, 0.4) is 0 Å². The number of H-pyrrole nitrogens is 1. The molecule has 0 atom stereocenters. The highest BCUT2D eigenvalue weighted by Gasteiger charge is 2.13. The highest BCUT2D eigenvalue weighted by Crippen LogP contribution is 2.07. The van der Waals surface area contributed by atoms with Crippen LogP contribution in [0.4, 0.5) is 5.82 Å². The van der Waals surface area contributed by atoms with Crippen LogP contribution in [0.1, 0.15) is 5.82 Å². The predicted molar refractivity (Wildman–Crippen MR) is 56.2 cm³/mol. The van der Waals surface area contributed by atoms with Gasteiger partial charge in [0.25, 0.3) is 0 Å². The molecule has 0 aromatic carbocycles. The summed E-state index contributed by atoms with van der Waals surface area (Å²) < 4.78 is 5.23. The van der Waals surface area contributed by atoms with Gasteiger partial charge in [-0.15, -0.1) is 0 Å². The Bertz CT molecular complexity index is 359. The van der Waals surface area contributed by atoms with Crippen molar-refractivity contribution in [1.29, 1.82) is 0 Å². The van der Waals surface area contributed by atoms with E-state index in [4.69, 9.17) is 4.74 Å². The second-order valence-corrected chi connectivity index (χ2v) is 3.68. The molecule has 88 valence electrons. The zero-order chi connectivity index (χ0) is 11.4. The minimum absolute atomic E-state index is 0.0445. The number of rotatable bonds is 4. The lowest BCUT2D eigenvalue weighted by atomic mass is 10.3. The third-order valence-corrected chi connectivity index (χ3v) is 2.58. The summed E-state index contributed by atoms with van der Waals surface area (Å²) in [6.07, 6.45) is 1.96. The minimum Gasteiger partial charge on any atom is -0.379 e. The lowest BCUT2D eigenvalue weighted by Gasteiger charge is -2.25. The number of aromatic amines is 1. The van der Waals surface area contributed by atoms with E-state index in [0.717, 1.165) is 32.8 Å². The smallest absolute Gasteiger partial charge is 0.340 e. The van der Waals surface area contributed by atoms with Crippen LogP contribution >= 0.6 is 0 Å². The fourth-order valence-electron chi connectivity index (χ4n) is 1.66. The molecule has 1 aromatic rings. The van der Waals surface area contributed by atoms with Gasteiger partial charge in [-0.3, -0.25) is 4.90 Å². The number of imidazole rings is 1. The van der Waals surface area contributed by atoms with Crippen LogP contribution in [0, 0.1) is 10.1 Å². The van der Waals surface area contributed by atoms with Gasteiger partial charge in [-0.1, -0.05) is 0 Å². The number of nitro groups is 1. The molecule has 0 radical (unpaired) electrons. The highest BCUT2D eigenvalue weighted by atomic mass is 16.6. The Balaban J connectivity index is 1.81. The fraction of sp³-hybridized carbons (Fsp3) is 0.667. The van der Waals surface area contributed by atoms with Crippen molar-refractivity contribution in [3.63, 3.8) is 0 Å². The van der Waals surface area contributed by atoms with Crippen molar-refractivity contribution in [2.24, 2.45) is 0 Å². The second-order valence-electron chi connectivity index (χ2n) is 3.68. The predicted octanol–water partition coefficient (Wildman–Crippen LogP) is 0.193. The molecule has 1 N–H and O–H groups in total. The van der Waals surface area contributed by atoms with Crippen molar-refractivity contribution >= 4 is 5.82 Å². The maximum atomic E-state index is 10.4. The standard InChI is InChI=1S/C9H14N4O3/c14-13(15)9-7-10-8(11-9)1-2-12-3-5-16-6-4-12/h7H,1-6H2,(H,10,11). The number of nitrogens with one attached hydrogen (secondary N) is 1. The first-order chi connectivity index (χ1) is 7.75. The van der Waals surface area contributed by atoms with E-state index in [-0.39, 0.29) is 5.82 Å². The van der Waals surface area contributed by atoms with E-state index in [1.807, 2.05) is 0 Å². The number of nitrogens with zero attached hydrogens (tertiary/aromatic N) is 3. The molecule has 1 saturated heterocycles. The van der Waals surface area contributed by atoms with Gasteiger partial charge in [0.2, 0.25) is 0 Å². The molecule has 0 saturated carbocycles. The second kappa shape index (κ2) is 5.04. The monoisotopic (exact) mass is 226 g/mol. The Morgan fingerprint density at radius 3 is 2.94 bits per heavy atom. The molecular formula is C9H14N4O3. The molecule has 1 aliphatic heterocycles. The van der Waals surface area contributed by atoms with Crippen LogP contribution in [0.5, 0.6) is 0 Å². The zero-order valence-electron chi connectivity index (χ0n) is 8.89. The number of ether oxygens (including phenoxy) is 1. The van der Waals surface area contributed by atoms with E-state index in [0.29, 0.717) is 12.2 Å². The van der Waals surface area contributed by atoms with Crippen LogP contribution < -0.4 is 0 Å². The molecule has 0 unspecified atom stereocenters. The van der Waals surface area contributed by atoms with E-state index in [1.54, 1.807) is 0 Å². The Kier molecular flexibility index (Phi) is 3.47. The Labute approximate surface area is 92.6 Å². The molecule has 1 aromatic heterocycles. The van der Waals surface area contributed by atoms with Crippen molar-refractivity contribution in [2.75, 3.05) is 32.8 Å². The summed E-state index contributed by atoms with van der Waals surface area (Å²) in [6, 6.07) is 0. The summed E-state index contributed by atoms with van der Waals surface area (Å²) in [4.78, 5) is 18.9. The topological polar surface area (TPSA) is 84.3 Å². The average Bonchev–Trinajstić information content (AvgIpc) is 2.76. The van der Waals surface area contributed by atoms with Gasteiger partial charge in [-0.2, -0.15) is 0 Å². The molecular weight excluding hydrogens is 212 g/mol. The Morgan fingerprint density at radius 2 is 2.31 bits per heavy atom. The summed E-state index contributed by atoms with van der Waals surface area (Å²) >= 11 is 0. The largest absolute Gasteiger partial charge is 0.379 e. The first-order valence-corrected chi connectivity index (χ1v) is 5.24. The number of aromatic nitrogens is 2. The molecule has 2 rings (SSSR count). The van der Waals surface area contributed by atoms with E-state index in [1.165, 1.54) is 6.20 Å². The molecule has 16 heavy (non-hydrogen) atoms. The van der Waals surface area contributed by atoms with Crippen molar-refractivity contribution in [2.45, 2.75) is 6.42 Å². The van der Waals surface area contributed by atoms with Crippen molar-refractivity contribution < 1.29 is 9.66 Å². The van der Waals surface area contributed by atoms with Crippen LogP contribution in [0.2, 0.25) is 0 Å². The molecule has 7 nitrogen and oxygen atoms in total. The Hall–Kier alpha value is -1.47. The molecule has 2 heterocycles. The molecule has 0 aliphatic carbocycles. The first-order valence-electron chi connectivity index (χ1n) is 5.24. The van der Waals surface area contributed by atoms with Gasteiger partial charge in [0, 0.05) is 26.1 Å². The summed E-state index contributed by atoms with van der Waals surface area (Å²) in [6.45, 7) is 4.22. The van der Waals surface area contributed by atoms with Gasteiger partial charge in [0.05, 0.1) is 13.2 Å². The molecule has 0 spiro atoms. The normalized spacial score (nSPS) is 17.5. The summed E-state index contributed by atoms with van der Waals surface area (Å²) in [5.41, 5.74) is 0. The van der Waals surface area contributed by atoms with Crippen LogP contribution in [0.25, 0.3) is 0 Å².